The van der Waals surface area contributed by atoms with Crippen LogP contribution in [0.5, 0.6) is 0 Å². The van der Waals surface area contributed by atoms with Crippen LogP contribution in [-0.2, 0) is 13.0 Å². The second-order valence-corrected chi connectivity index (χ2v) is 4.17. The fourth-order valence-corrected chi connectivity index (χ4v) is 1.90. The van der Waals surface area contributed by atoms with E-state index in [1.165, 1.54) is 11.3 Å². The lowest BCUT2D eigenvalue weighted by atomic mass is 10.0. The predicted octanol–water partition coefficient (Wildman–Crippen LogP) is 0.0280. The first kappa shape index (κ1) is 10.5. The maximum atomic E-state index is 5.86. The van der Waals surface area contributed by atoms with Crippen molar-refractivity contribution in [2.45, 2.75) is 19.0 Å². The van der Waals surface area contributed by atoms with Crippen LogP contribution in [0.3, 0.4) is 0 Å². The molecule has 0 fully saturated rings. The van der Waals surface area contributed by atoms with E-state index in [1.54, 1.807) is 0 Å². The number of nitrogens with zero attached hydrogens (tertiary/aromatic N) is 2. The molecule has 0 radical (unpaired) electrons. The molecule has 0 bridgehead atoms. The van der Waals surface area contributed by atoms with Gasteiger partial charge in [0.2, 0.25) is 0 Å². The molecule has 82 valence electrons. The van der Waals surface area contributed by atoms with Gasteiger partial charge >= 0.3 is 0 Å². The molecule has 0 aliphatic carbocycles. The molecule has 1 aliphatic rings. The molecule has 1 aromatic rings. The maximum absolute atomic E-state index is 5.86. The highest BCUT2D eigenvalue weighted by molar-refractivity contribution is 5.26. The number of fused-ring (bicyclic) bond motifs is 1. The van der Waals surface area contributed by atoms with Crippen LogP contribution in [0.4, 0.5) is 0 Å². The summed E-state index contributed by atoms with van der Waals surface area (Å²) in [6, 6.07) is 3.99. The number of pyridine rings is 1. The Labute approximate surface area is 90.3 Å². The summed E-state index contributed by atoms with van der Waals surface area (Å²) >= 11 is 0. The summed E-state index contributed by atoms with van der Waals surface area (Å²) in [5.41, 5.74) is 14.8. The maximum Gasteiger partial charge on any atom is 0.0594 e. The largest absolute Gasteiger partial charge is 0.329 e. The minimum absolute atomic E-state index is 0.130. The molecule has 15 heavy (non-hydrogen) atoms. The highest BCUT2D eigenvalue weighted by atomic mass is 15.1. The molecule has 0 saturated carbocycles. The topological polar surface area (TPSA) is 68.2 Å². The predicted molar refractivity (Wildman–Crippen MR) is 60.3 cm³/mol. The number of likely N-dealkylation sites (N-methyl/N-ethyl adjacent to an activating group) is 1. The minimum atomic E-state index is -0.130. The smallest absolute Gasteiger partial charge is 0.0594 e. The fourth-order valence-electron chi connectivity index (χ4n) is 1.90. The van der Waals surface area contributed by atoms with Crippen LogP contribution in [0.25, 0.3) is 0 Å². The molecule has 0 saturated heterocycles. The first-order chi connectivity index (χ1) is 7.20. The molecule has 4 N–H and O–H groups in total. The number of aromatic nitrogens is 1. The van der Waals surface area contributed by atoms with Crippen LogP contribution >= 0.6 is 0 Å². The van der Waals surface area contributed by atoms with E-state index in [4.69, 9.17) is 11.5 Å². The van der Waals surface area contributed by atoms with Crippen molar-refractivity contribution in [2.75, 3.05) is 20.1 Å². The molecule has 0 amide bonds. The lowest BCUT2D eigenvalue weighted by molar-refractivity contribution is 0.309. The summed E-state index contributed by atoms with van der Waals surface area (Å²) in [6.45, 7) is 2.51. The SMILES string of the molecule is CN1CCc2nc(C(N)CN)ccc2C1. The van der Waals surface area contributed by atoms with Crippen molar-refractivity contribution in [1.29, 1.82) is 0 Å². The number of rotatable bonds is 2. The van der Waals surface area contributed by atoms with Crippen LogP contribution in [0.2, 0.25) is 0 Å². The Balaban J connectivity index is 2.26. The van der Waals surface area contributed by atoms with Crippen LogP contribution in [0.1, 0.15) is 23.0 Å². The highest BCUT2D eigenvalue weighted by Gasteiger charge is 2.15. The van der Waals surface area contributed by atoms with Gasteiger partial charge in [-0.15, -0.1) is 0 Å². The van der Waals surface area contributed by atoms with Crippen molar-refractivity contribution in [3.05, 3.63) is 29.1 Å². The first-order valence-electron chi connectivity index (χ1n) is 5.33. The van der Waals surface area contributed by atoms with Gasteiger partial charge in [-0.1, -0.05) is 6.07 Å². The summed E-state index contributed by atoms with van der Waals surface area (Å²) in [5.74, 6) is 0. The zero-order valence-electron chi connectivity index (χ0n) is 9.11. The fraction of sp³-hybridized carbons (Fsp3) is 0.545. The van der Waals surface area contributed by atoms with E-state index in [-0.39, 0.29) is 6.04 Å². The van der Waals surface area contributed by atoms with Gasteiger partial charge in [0.1, 0.15) is 0 Å². The molecule has 1 aromatic heterocycles. The monoisotopic (exact) mass is 206 g/mol. The van der Waals surface area contributed by atoms with E-state index in [2.05, 4.69) is 23.0 Å². The Hall–Kier alpha value is -0.970. The summed E-state index contributed by atoms with van der Waals surface area (Å²) in [5, 5.41) is 0. The highest BCUT2D eigenvalue weighted by Crippen LogP contribution is 2.18. The molecular weight excluding hydrogens is 188 g/mol. The van der Waals surface area contributed by atoms with Gasteiger partial charge in [-0.05, 0) is 18.7 Å². The van der Waals surface area contributed by atoms with E-state index in [9.17, 15) is 0 Å². The summed E-state index contributed by atoms with van der Waals surface area (Å²) in [4.78, 5) is 6.88. The molecule has 4 heteroatoms. The number of hydrogen-bond acceptors (Lipinski definition) is 4. The Morgan fingerprint density at radius 3 is 3.07 bits per heavy atom. The van der Waals surface area contributed by atoms with Gasteiger partial charge < -0.3 is 16.4 Å². The third-order valence-electron chi connectivity index (χ3n) is 2.89. The first-order valence-corrected chi connectivity index (χ1v) is 5.33. The molecule has 0 spiro atoms. The van der Waals surface area contributed by atoms with Gasteiger partial charge in [0.05, 0.1) is 11.7 Å². The van der Waals surface area contributed by atoms with Gasteiger partial charge in [0.25, 0.3) is 0 Å². The van der Waals surface area contributed by atoms with E-state index in [0.717, 1.165) is 25.2 Å². The second-order valence-electron chi connectivity index (χ2n) is 4.17. The van der Waals surface area contributed by atoms with Crippen molar-refractivity contribution in [3.8, 4) is 0 Å². The zero-order chi connectivity index (χ0) is 10.8. The third-order valence-corrected chi connectivity index (χ3v) is 2.89. The molecular formula is C11H18N4. The van der Waals surface area contributed by atoms with E-state index in [1.807, 2.05) is 6.07 Å². The van der Waals surface area contributed by atoms with Gasteiger partial charge in [0, 0.05) is 31.7 Å². The van der Waals surface area contributed by atoms with Gasteiger partial charge in [0.15, 0.2) is 0 Å². The Bertz CT molecular complexity index is 350. The molecule has 1 aliphatic heterocycles. The number of nitrogens with two attached hydrogens (primary N) is 2. The molecule has 1 unspecified atom stereocenters. The Morgan fingerprint density at radius 2 is 2.33 bits per heavy atom. The lowest BCUT2D eigenvalue weighted by Crippen LogP contribution is -2.28. The average molecular weight is 206 g/mol. The Morgan fingerprint density at radius 1 is 1.53 bits per heavy atom. The van der Waals surface area contributed by atoms with E-state index < -0.39 is 0 Å². The van der Waals surface area contributed by atoms with Gasteiger partial charge in [-0.25, -0.2) is 0 Å². The van der Waals surface area contributed by atoms with Crippen LogP contribution < -0.4 is 11.5 Å². The van der Waals surface area contributed by atoms with Crippen molar-refractivity contribution in [1.82, 2.24) is 9.88 Å². The average Bonchev–Trinajstić information content (AvgIpc) is 2.27. The molecule has 2 rings (SSSR count). The molecule has 1 atom stereocenters. The number of hydrogen-bond donors (Lipinski definition) is 2. The van der Waals surface area contributed by atoms with Crippen molar-refractivity contribution < 1.29 is 0 Å². The standard InChI is InChI=1S/C11H18N4/c1-15-5-4-10-8(7-15)2-3-11(14-10)9(13)6-12/h2-3,9H,4-7,12-13H2,1H3. The van der Waals surface area contributed by atoms with Crippen molar-refractivity contribution in [3.63, 3.8) is 0 Å². The normalized spacial score (nSPS) is 18.6. The molecule has 4 nitrogen and oxygen atoms in total. The van der Waals surface area contributed by atoms with E-state index >= 15 is 0 Å². The molecule has 0 aromatic carbocycles. The van der Waals surface area contributed by atoms with Gasteiger partial charge in [-0.2, -0.15) is 0 Å². The van der Waals surface area contributed by atoms with Crippen LogP contribution in [0.15, 0.2) is 12.1 Å². The Kier molecular flexibility index (Phi) is 3.00. The third kappa shape index (κ3) is 2.17. The van der Waals surface area contributed by atoms with Crippen LogP contribution in [-0.4, -0.2) is 30.0 Å². The quantitative estimate of drug-likeness (QED) is 0.716. The molecule has 2 heterocycles. The van der Waals surface area contributed by atoms with Crippen molar-refractivity contribution in [2.24, 2.45) is 11.5 Å². The van der Waals surface area contributed by atoms with E-state index in [0.29, 0.717) is 6.54 Å². The van der Waals surface area contributed by atoms with Crippen molar-refractivity contribution >= 4 is 0 Å². The second kappa shape index (κ2) is 4.26. The van der Waals surface area contributed by atoms with Gasteiger partial charge in [-0.3, -0.25) is 4.98 Å². The lowest BCUT2D eigenvalue weighted by Gasteiger charge is -2.25. The van der Waals surface area contributed by atoms with Crippen LogP contribution in [0, 0.1) is 0 Å². The summed E-state index contributed by atoms with van der Waals surface area (Å²) in [6.07, 6.45) is 1.01. The summed E-state index contributed by atoms with van der Waals surface area (Å²) in [7, 11) is 2.13. The zero-order valence-corrected chi connectivity index (χ0v) is 9.11. The summed E-state index contributed by atoms with van der Waals surface area (Å²) < 4.78 is 0. The minimum Gasteiger partial charge on any atom is -0.329 e.